The average molecular weight is 983 g/mol. The van der Waals surface area contributed by atoms with Gasteiger partial charge in [-0.1, -0.05) is 115 Å². The molecule has 0 radical (unpaired) electrons. The van der Waals surface area contributed by atoms with Crippen LogP contribution in [0.4, 0.5) is 0 Å². The van der Waals surface area contributed by atoms with Crippen molar-refractivity contribution in [2.24, 2.45) is 11.5 Å². The van der Waals surface area contributed by atoms with E-state index in [0.717, 1.165) is 5.56 Å². The predicted octanol–water partition coefficient (Wildman–Crippen LogP) is 1.17. The van der Waals surface area contributed by atoms with Crippen LogP contribution in [0.3, 0.4) is 0 Å². The molecule has 1 saturated heterocycles. The van der Waals surface area contributed by atoms with Crippen LogP contribution in [0.5, 0.6) is 11.5 Å². The molecule has 6 rings (SSSR count). The number of likely N-dealkylation sites (N-methyl/N-ethyl adjacent to an activating group) is 1. The number of nitrogens with zero attached hydrogens (tertiary/aromatic N) is 2. The number of hydrogen-bond donors (Lipinski definition) is 9. The topological polar surface area (TPSA) is 287 Å². The monoisotopic (exact) mass is 982 g/mol. The molecule has 18 heteroatoms. The zero-order valence-electron chi connectivity index (χ0n) is 39.9. The van der Waals surface area contributed by atoms with Crippen molar-refractivity contribution in [2.45, 2.75) is 87.2 Å². The van der Waals surface area contributed by atoms with Crippen molar-refractivity contribution in [2.75, 3.05) is 20.2 Å². The molecule has 0 spiro atoms. The summed E-state index contributed by atoms with van der Waals surface area (Å²) in [5.74, 6) is -5.02. The Bertz CT molecular complexity index is 2620. The number of aromatic hydroxyl groups is 2. The van der Waals surface area contributed by atoms with Crippen molar-refractivity contribution < 1.29 is 48.9 Å². The van der Waals surface area contributed by atoms with Crippen molar-refractivity contribution in [1.82, 2.24) is 31.1 Å². The molecular formula is C54H62N8O10. The highest BCUT2D eigenvalue weighted by atomic mass is 16.3. The van der Waals surface area contributed by atoms with Gasteiger partial charge in [-0.3, -0.25) is 33.6 Å². The van der Waals surface area contributed by atoms with Gasteiger partial charge in [0.25, 0.3) is 0 Å². The van der Waals surface area contributed by atoms with E-state index in [4.69, 9.17) is 11.5 Å². The second-order valence-corrected chi connectivity index (χ2v) is 17.9. The highest BCUT2D eigenvalue weighted by Crippen LogP contribution is 2.22. The van der Waals surface area contributed by atoms with E-state index in [1.807, 2.05) is 18.2 Å². The normalized spacial score (nSPS) is 15.7. The van der Waals surface area contributed by atoms with Crippen molar-refractivity contribution >= 4 is 41.4 Å². The number of phenols is 2. The Morgan fingerprint density at radius 2 is 0.986 bits per heavy atom. The minimum Gasteiger partial charge on any atom is -0.508 e. The maximum absolute atomic E-state index is 14.8. The maximum Gasteiger partial charge on any atom is 0.246 e. The lowest BCUT2D eigenvalue weighted by atomic mass is 9.99. The van der Waals surface area contributed by atoms with E-state index < -0.39 is 90.3 Å². The van der Waals surface area contributed by atoms with Crippen LogP contribution in [0.25, 0.3) is 0 Å². The van der Waals surface area contributed by atoms with Crippen LogP contribution in [-0.2, 0) is 65.7 Å². The molecule has 18 nitrogen and oxygen atoms in total. The van der Waals surface area contributed by atoms with Gasteiger partial charge in [0.05, 0.1) is 12.6 Å². The number of phenolic OH excluding ortho intramolecular Hbond substituents is 2. The van der Waals surface area contributed by atoms with E-state index in [-0.39, 0.29) is 56.6 Å². The number of nitrogens with one attached hydrogen (secondary N) is 4. The number of hydrogen-bond acceptors (Lipinski definition) is 11. The first-order valence-electron chi connectivity index (χ1n) is 23.7. The fourth-order valence-electron chi connectivity index (χ4n) is 8.61. The summed E-state index contributed by atoms with van der Waals surface area (Å²) in [5.41, 5.74) is 15.1. The minimum atomic E-state index is -1.39. The predicted molar refractivity (Wildman–Crippen MR) is 267 cm³/mol. The van der Waals surface area contributed by atoms with E-state index >= 15 is 0 Å². The molecule has 7 atom stereocenters. The van der Waals surface area contributed by atoms with Crippen molar-refractivity contribution in [3.05, 3.63) is 167 Å². The highest BCUT2D eigenvalue weighted by molar-refractivity contribution is 5.98. The quantitative estimate of drug-likeness (QED) is 0.0448. The molecule has 0 bridgehead atoms. The third-order valence-corrected chi connectivity index (χ3v) is 12.6. The zero-order valence-corrected chi connectivity index (χ0v) is 39.9. The Morgan fingerprint density at radius 1 is 0.569 bits per heavy atom. The number of carbonyl (C=O) groups is 7. The van der Waals surface area contributed by atoms with Crippen LogP contribution in [-0.4, -0.2) is 129 Å². The largest absolute Gasteiger partial charge is 0.508 e. The van der Waals surface area contributed by atoms with Gasteiger partial charge in [0, 0.05) is 39.3 Å². The second kappa shape index (κ2) is 25.7. The first-order valence-corrected chi connectivity index (χ1v) is 23.7. The molecule has 5 aromatic rings. The van der Waals surface area contributed by atoms with Gasteiger partial charge in [-0.25, -0.2) is 0 Å². The molecule has 0 saturated carbocycles. The third-order valence-electron chi connectivity index (χ3n) is 12.6. The highest BCUT2D eigenvalue weighted by Gasteiger charge is 2.40. The molecule has 7 amide bonds. The molecule has 1 aliphatic rings. The summed E-state index contributed by atoms with van der Waals surface area (Å²) >= 11 is 0. The van der Waals surface area contributed by atoms with Crippen molar-refractivity contribution in [1.29, 1.82) is 0 Å². The minimum absolute atomic E-state index is 0.0263. The molecule has 72 heavy (non-hydrogen) atoms. The molecule has 5 aromatic carbocycles. The third kappa shape index (κ3) is 15.0. The lowest BCUT2D eigenvalue weighted by molar-refractivity contribution is -0.142. The van der Waals surface area contributed by atoms with Crippen LogP contribution in [0.2, 0.25) is 0 Å². The number of rotatable bonds is 23. The number of aliphatic hydroxyl groups excluding tert-OH is 1. The molecule has 1 aliphatic heterocycles. The molecule has 1 heterocycles. The number of carbonyl (C=O) groups excluding carboxylic acids is 7. The fourth-order valence-corrected chi connectivity index (χ4v) is 8.61. The van der Waals surface area contributed by atoms with Crippen LogP contribution in [0, 0.1) is 0 Å². The van der Waals surface area contributed by atoms with Crippen molar-refractivity contribution in [3.8, 4) is 11.5 Å². The standard InChI is InChI=1S/C54H62N8O10/c1-61(53(71)41(55)28-37-19-23-39(64)24-20-37)47(32-36-16-9-4-10-17-36)52(70)58-43(30-35-14-7-3-8-15-35)49(67)57-42(29-34-12-5-2-6-13-34)50(68)59-44(31-38-21-25-40(65)26-22-38)54(72)62-27-11-18-46(62)51(69)60-45(33-63)48(56)66/h2-10,12-17,19-26,41-47,63-65H,11,18,27-33,55H2,1H3,(H2,56,66)(H,57,67)(H,58,70)(H,59,68)(H,60,69)/t41-,42-,43-,44-,45-,46-,47-/m0/s1. The molecule has 11 N–H and O–H groups in total. The maximum atomic E-state index is 14.8. The SMILES string of the molecule is CN(C(=O)[C@@H](N)Cc1ccc(O)cc1)[C@@H](Cc1ccccc1)C(=O)N[C@@H](Cc1ccccc1)C(=O)N[C@@H](Cc1ccccc1)C(=O)N[C@@H](Cc1ccc(O)cc1)C(=O)N1CCC[C@H]1C(=O)N[C@@H](CO)C(N)=O. The number of amides is 7. The fraction of sp³-hybridized carbons (Fsp3) is 0.315. The number of benzene rings is 5. The summed E-state index contributed by atoms with van der Waals surface area (Å²) in [6.07, 6.45) is 0.630. The van der Waals surface area contributed by atoms with E-state index in [1.165, 1.54) is 41.1 Å². The zero-order chi connectivity index (χ0) is 51.7. The molecule has 1 fully saturated rings. The van der Waals surface area contributed by atoms with E-state index in [2.05, 4.69) is 21.3 Å². The first kappa shape index (κ1) is 53.3. The second-order valence-electron chi connectivity index (χ2n) is 17.9. The Kier molecular flexibility index (Phi) is 19.0. The number of aliphatic hydroxyl groups is 1. The van der Waals surface area contributed by atoms with Gasteiger partial charge in [-0.2, -0.15) is 0 Å². The lowest BCUT2D eigenvalue weighted by Crippen LogP contribution is -2.61. The number of likely N-dealkylation sites (tertiary alicyclic amines) is 1. The van der Waals surface area contributed by atoms with Crippen LogP contribution >= 0.6 is 0 Å². The Hall–Kier alpha value is -8.09. The van der Waals surface area contributed by atoms with Gasteiger partial charge in [-0.15, -0.1) is 0 Å². The van der Waals surface area contributed by atoms with Gasteiger partial charge >= 0.3 is 0 Å². The van der Waals surface area contributed by atoms with Crippen LogP contribution in [0.1, 0.15) is 40.7 Å². The summed E-state index contributed by atoms with van der Waals surface area (Å²) in [7, 11) is 1.47. The van der Waals surface area contributed by atoms with Crippen LogP contribution in [0.15, 0.2) is 140 Å². The summed E-state index contributed by atoms with van der Waals surface area (Å²) in [6, 6.07) is 30.4. The smallest absolute Gasteiger partial charge is 0.246 e. The summed E-state index contributed by atoms with van der Waals surface area (Å²) < 4.78 is 0. The summed E-state index contributed by atoms with van der Waals surface area (Å²) in [4.78, 5) is 101. The van der Waals surface area contributed by atoms with Crippen LogP contribution < -0.4 is 32.7 Å². The number of primary amides is 1. The molecule has 378 valence electrons. The number of nitrogens with two attached hydrogens (primary N) is 2. The summed E-state index contributed by atoms with van der Waals surface area (Å²) in [5, 5.41) is 40.4. The van der Waals surface area contributed by atoms with Gasteiger partial charge < -0.3 is 57.9 Å². The van der Waals surface area contributed by atoms with E-state index in [1.54, 1.807) is 97.1 Å². The van der Waals surface area contributed by atoms with Gasteiger partial charge in [0.1, 0.15) is 47.8 Å². The molecule has 0 aliphatic carbocycles. The van der Waals surface area contributed by atoms with Gasteiger partial charge in [-0.05, 0) is 71.3 Å². The summed E-state index contributed by atoms with van der Waals surface area (Å²) in [6.45, 7) is -0.630. The Labute approximate surface area is 417 Å². The molecule has 0 unspecified atom stereocenters. The Balaban J connectivity index is 1.29. The van der Waals surface area contributed by atoms with Crippen molar-refractivity contribution in [3.63, 3.8) is 0 Å². The van der Waals surface area contributed by atoms with E-state index in [9.17, 15) is 48.9 Å². The van der Waals surface area contributed by atoms with Gasteiger partial charge in [0.15, 0.2) is 0 Å². The van der Waals surface area contributed by atoms with Gasteiger partial charge in [0.2, 0.25) is 41.4 Å². The lowest BCUT2D eigenvalue weighted by Gasteiger charge is -2.32. The molecular weight excluding hydrogens is 921 g/mol. The average Bonchev–Trinajstić information content (AvgIpc) is 3.88. The Morgan fingerprint density at radius 3 is 1.46 bits per heavy atom. The molecule has 0 aromatic heterocycles. The van der Waals surface area contributed by atoms with E-state index in [0.29, 0.717) is 28.7 Å². The first-order chi connectivity index (χ1) is 34.6.